The van der Waals surface area contributed by atoms with Crippen LogP contribution in [0.2, 0.25) is 0 Å². The lowest BCUT2D eigenvalue weighted by molar-refractivity contribution is -0.247. The Hall–Kier alpha value is -2.46. The maximum Gasteiger partial charge on any atom is 0.432 e. The quantitative estimate of drug-likeness (QED) is 0.567. The Labute approximate surface area is 184 Å². The van der Waals surface area contributed by atoms with Crippen molar-refractivity contribution in [3.8, 4) is 0 Å². The molecule has 10 heteroatoms. The van der Waals surface area contributed by atoms with Crippen LogP contribution >= 0.6 is 0 Å². The number of nitrogens with one attached hydrogen (secondary N) is 1. The minimum absolute atomic E-state index is 0.337. The summed E-state index contributed by atoms with van der Waals surface area (Å²) in [5.74, 6) is -6.08. The third-order valence-corrected chi connectivity index (χ3v) is 7.05. The molecular weight excluding hydrogens is 450 g/mol. The predicted molar refractivity (Wildman–Crippen MR) is 111 cm³/mol. The van der Waals surface area contributed by atoms with E-state index in [1.807, 2.05) is 5.32 Å². The van der Waals surface area contributed by atoms with Crippen LogP contribution in [0.3, 0.4) is 0 Å². The number of carbonyl (C=O) groups is 1. The Morgan fingerprint density at radius 1 is 1.00 bits per heavy atom. The van der Waals surface area contributed by atoms with Gasteiger partial charge in [-0.2, -0.15) is 13.2 Å². The Balaban J connectivity index is 2.44. The van der Waals surface area contributed by atoms with Gasteiger partial charge in [0.15, 0.2) is 9.84 Å². The highest BCUT2D eigenvalue weighted by atomic mass is 32.2. The number of hydrogen-bond donors (Lipinski definition) is 2. The normalized spacial score (nSPS) is 17.1. The van der Waals surface area contributed by atoms with E-state index < -0.39 is 51.4 Å². The summed E-state index contributed by atoms with van der Waals surface area (Å²) < 4.78 is 82.8. The van der Waals surface area contributed by atoms with Crippen molar-refractivity contribution in [2.75, 3.05) is 5.75 Å². The maximum absolute atomic E-state index is 15.6. The topological polar surface area (TPSA) is 83.5 Å². The van der Waals surface area contributed by atoms with Gasteiger partial charge >= 0.3 is 6.18 Å². The summed E-state index contributed by atoms with van der Waals surface area (Å²) in [5.41, 5.74) is -3.52. The van der Waals surface area contributed by atoms with Crippen LogP contribution in [-0.2, 0) is 14.6 Å². The fourth-order valence-corrected chi connectivity index (χ4v) is 5.02. The van der Waals surface area contributed by atoms with Crippen LogP contribution < -0.4 is 5.32 Å². The zero-order chi connectivity index (χ0) is 24.3. The first-order valence-corrected chi connectivity index (χ1v) is 11.4. The van der Waals surface area contributed by atoms with E-state index in [2.05, 4.69) is 0 Å². The van der Waals surface area contributed by atoms with Gasteiger partial charge in [0.1, 0.15) is 0 Å². The third-order valence-electron chi connectivity index (χ3n) is 5.26. The molecule has 0 aliphatic rings. The molecular formula is C22H25F4NO4S. The number of hydrogen-bond acceptors (Lipinski definition) is 4. The predicted octanol–water partition coefficient (Wildman–Crippen LogP) is 3.91. The minimum Gasteiger partial charge on any atom is -0.393 e. The number of sulfone groups is 1. The minimum atomic E-state index is -5.78. The van der Waals surface area contributed by atoms with Gasteiger partial charge in [-0.25, -0.2) is 12.8 Å². The smallest absolute Gasteiger partial charge is 0.393 e. The SMILES string of the molecule is Cc1ccc(S(=O)(=O)C[C@@H]([C@H](C)O)[C@@](F)(C(=O)N[C@@H](C)c2ccccc2)C(F)(F)F)cc1. The number of aryl methyl sites for hydroxylation is 1. The van der Waals surface area contributed by atoms with Crippen molar-refractivity contribution in [1.82, 2.24) is 5.32 Å². The van der Waals surface area contributed by atoms with Crippen LogP contribution in [0.5, 0.6) is 0 Å². The summed E-state index contributed by atoms with van der Waals surface area (Å²) in [6, 6.07) is 12.1. The van der Waals surface area contributed by atoms with E-state index in [1.165, 1.54) is 43.3 Å². The van der Waals surface area contributed by atoms with Crippen LogP contribution in [0.1, 0.15) is 31.0 Å². The molecule has 32 heavy (non-hydrogen) atoms. The number of rotatable bonds is 8. The molecule has 0 aliphatic heterocycles. The van der Waals surface area contributed by atoms with Gasteiger partial charge in [-0.1, -0.05) is 48.0 Å². The molecule has 0 radical (unpaired) electrons. The number of carbonyl (C=O) groups excluding carboxylic acids is 1. The first-order chi connectivity index (χ1) is 14.7. The molecule has 2 rings (SSSR count). The highest BCUT2D eigenvalue weighted by Gasteiger charge is 2.67. The fourth-order valence-electron chi connectivity index (χ4n) is 3.30. The standard InChI is InChI=1S/C22H25F4NO4S/c1-14-9-11-18(12-10-14)32(30,31)13-19(16(3)28)21(23,22(24,25)26)20(29)27-15(2)17-7-5-4-6-8-17/h4-12,15-16,19,28H,13H2,1-3H3,(H,27,29)/t15-,16-,19-,21+/m0/s1. The molecule has 0 saturated heterocycles. The van der Waals surface area contributed by atoms with Gasteiger partial charge in [-0.15, -0.1) is 0 Å². The van der Waals surface area contributed by atoms with Gasteiger partial charge in [0.25, 0.3) is 11.6 Å². The van der Waals surface area contributed by atoms with Gasteiger partial charge in [-0.3, -0.25) is 4.79 Å². The van der Waals surface area contributed by atoms with E-state index in [4.69, 9.17) is 0 Å². The van der Waals surface area contributed by atoms with E-state index in [1.54, 1.807) is 25.1 Å². The number of halogens is 4. The number of aliphatic hydroxyl groups excluding tert-OH is 1. The van der Waals surface area contributed by atoms with Gasteiger partial charge < -0.3 is 10.4 Å². The second-order valence-corrected chi connectivity index (χ2v) is 9.79. The highest BCUT2D eigenvalue weighted by Crippen LogP contribution is 2.43. The van der Waals surface area contributed by atoms with Crippen LogP contribution in [-0.4, -0.2) is 43.1 Å². The first-order valence-electron chi connectivity index (χ1n) is 9.79. The van der Waals surface area contributed by atoms with Gasteiger partial charge in [0, 0.05) is 0 Å². The molecule has 176 valence electrons. The van der Waals surface area contributed by atoms with E-state index >= 15 is 4.39 Å². The van der Waals surface area contributed by atoms with Crippen molar-refractivity contribution in [2.45, 2.75) is 49.7 Å². The van der Waals surface area contributed by atoms with Crippen molar-refractivity contribution in [1.29, 1.82) is 0 Å². The summed E-state index contributed by atoms with van der Waals surface area (Å²) in [4.78, 5) is 12.3. The van der Waals surface area contributed by atoms with Crippen LogP contribution in [0, 0.1) is 12.8 Å². The van der Waals surface area contributed by atoms with Crippen molar-refractivity contribution >= 4 is 15.7 Å². The molecule has 0 heterocycles. The fraction of sp³-hybridized carbons (Fsp3) is 0.409. The monoisotopic (exact) mass is 475 g/mol. The number of amides is 1. The van der Waals surface area contributed by atoms with Crippen LogP contribution in [0.15, 0.2) is 59.5 Å². The Morgan fingerprint density at radius 3 is 2.00 bits per heavy atom. The van der Waals surface area contributed by atoms with Gasteiger partial charge in [0.05, 0.1) is 28.7 Å². The molecule has 2 aromatic rings. The van der Waals surface area contributed by atoms with E-state index in [0.29, 0.717) is 11.1 Å². The zero-order valence-corrected chi connectivity index (χ0v) is 18.5. The highest BCUT2D eigenvalue weighted by molar-refractivity contribution is 7.91. The lowest BCUT2D eigenvalue weighted by Gasteiger charge is -2.36. The number of aliphatic hydroxyl groups is 1. The number of benzene rings is 2. The molecule has 0 fully saturated rings. The summed E-state index contributed by atoms with van der Waals surface area (Å²) in [5, 5.41) is 12.0. The molecule has 4 atom stereocenters. The van der Waals surface area contributed by atoms with Gasteiger partial charge in [-0.05, 0) is 38.5 Å². The average Bonchev–Trinajstić information content (AvgIpc) is 2.71. The Morgan fingerprint density at radius 2 is 1.53 bits per heavy atom. The third kappa shape index (κ3) is 5.47. The van der Waals surface area contributed by atoms with Crippen molar-refractivity contribution in [2.24, 2.45) is 5.92 Å². The van der Waals surface area contributed by atoms with Crippen molar-refractivity contribution in [3.05, 3.63) is 65.7 Å². The van der Waals surface area contributed by atoms with Crippen LogP contribution in [0.25, 0.3) is 0 Å². The average molecular weight is 476 g/mol. The Bertz CT molecular complexity index is 1020. The van der Waals surface area contributed by atoms with Gasteiger partial charge in [0.2, 0.25) is 0 Å². The second kappa shape index (κ2) is 9.58. The summed E-state index contributed by atoms with van der Waals surface area (Å²) >= 11 is 0. The second-order valence-electron chi connectivity index (χ2n) is 7.76. The lowest BCUT2D eigenvalue weighted by Crippen LogP contribution is -2.62. The molecule has 0 aromatic heterocycles. The summed E-state index contributed by atoms with van der Waals surface area (Å²) in [6.07, 6.45) is -7.88. The molecule has 2 aromatic carbocycles. The summed E-state index contributed by atoms with van der Waals surface area (Å²) in [6.45, 7) is 3.87. The molecule has 0 unspecified atom stereocenters. The molecule has 0 aliphatic carbocycles. The van der Waals surface area contributed by atoms with Crippen molar-refractivity contribution < 1.29 is 35.9 Å². The molecule has 0 saturated carbocycles. The maximum atomic E-state index is 15.6. The van der Waals surface area contributed by atoms with E-state index in [9.17, 15) is 31.5 Å². The molecule has 0 spiro atoms. The lowest BCUT2D eigenvalue weighted by atomic mass is 9.84. The molecule has 2 N–H and O–H groups in total. The molecule has 1 amide bonds. The van der Waals surface area contributed by atoms with Crippen molar-refractivity contribution in [3.63, 3.8) is 0 Å². The summed E-state index contributed by atoms with van der Waals surface area (Å²) in [7, 11) is -4.46. The van der Waals surface area contributed by atoms with Crippen LogP contribution in [0.4, 0.5) is 17.6 Å². The largest absolute Gasteiger partial charge is 0.432 e. The molecule has 0 bridgehead atoms. The van der Waals surface area contributed by atoms with E-state index in [-0.39, 0.29) is 4.90 Å². The molecule has 5 nitrogen and oxygen atoms in total. The first kappa shape index (κ1) is 25.8. The number of alkyl halides is 4. The van der Waals surface area contributed by atoms with E-state index in [0.717, 1.165) is 6.92 Å². The zero-order valence-electron chi connectivity index (χ0n) is 17.7. The Kier molecular flexibility index (Phi) is 7.72.